The first-order valence-electron chi connectivity index (χ1n) is 7.97. The summed E-state index contributed by atoms with van der Waals surface area (Å²) in [5.41, 5.74) is 8.21. The third kappa shape index (κ3) is 3.45. The van der Waals surface area contributed by atoms with Crippen molar-refractivity contribution < 1.29 is 9.13 Å². The second kappa shape index (κ2) is 7.05. The zero-order valence-electron chi connectivity index (χ0n) is 13.9. The number of nitrogen functional groups attached to an aromatic ring is 1. The number of halogens is 2. The molecule has 27 heavy (non-hydrogen) atoms. The van der Waals surface area contributed by atoms with E-state index < -0.39 is 0 Å². The van der Waals surface area contributed by atoms with Crippen molar-refractivity contribution in [3.8, 4) is 28.7 Å². The topological polar surface area (TPSA) is 78.8 Å². The minimum atomic E-state index is -0.344. The maximum atomic E-state index is 13.3. The Kier molecular flexibility index (Phi) is 4.43. The Morgan fingerprint density at radius 1 is 1.00 bits per heavy atom. The molecule has 0 aliphatic carbocycles. The van der Waals surface area contributed by atoms with Crippen LogP contribution in [0, 0.1) is 5.82 Å². The Bertz CT molecular complexity index is 1080. The molecule has 134 valence electrons. The quantitative estimate of drug-likeness (QED) is 0.527. The Morgan fingerprint density at radius 2 is 1.74 bits per heavy atom. The summed E-state index contributed by atoms with van der Waals surface area (Å²) in [5.74, 6) is 0.114. The second-order valence-corrected chi connectivity index (χ2v) is 5.97. The van der Waals surface area contributed by atoms with Gasteiger partial charge in [-0.25, -0.2) is 14.1 Å². The van der Waals surface area contributed by atoms with Crippen molar-refractivity contribution in [2.75, 3.05) is 5.73 Å². The Hall–Kier alpha value is -3.45. The van der Waals surface area contributed by atoms with Crippen LogP contribution >= 0.6 is 11.6 Å². The van der Waals surface area contributed by atoms with Gasteiger partial charge in [0.1, 0.15) is 17.8 Å². The van der Waals surface area contributed by atoms with Crippen LogP contribution in [-0.2, 0) is 0 Å². The van der Waals surface area contributed by atoms with Gasteiger partial charge in [0.2, 0.25) is 11.8 Å². The molecule has 0 fully saturated rings. The first-order chi connectivity index (χ1) is 13.1. The number of nitrogens with zero attached hydrogens (tertiary/aromatic N) is 4. The lowest BCUT2D eigenvalue weighted by atomic mass is 10.2. The van der Waals surface area contributed by atoms with Crippen LogP contribution in [0.5, 0.6) is 11.8 Å². The summed E-state index contributed by atoms with van der Waals surface area (Å²) in [7, 11) is 0. The molecule has 0 spiro atoms. The molecule has 0 radical (unpaired) electrons. The molecule has 8 heteroatoms. The molecule has 6 nitrogen and oxygen atoms in total. The molecule has 4 rings (SSSR count). The van der Waals surface area contributed by atoms with Crippen LogP contribution in [0.4, 0.5) is 10.1 Å². The van der Waals surface area contributed by atoms with Gasteiger partial charge in [-0.3, -0.25) is 0 Å². The molecule has 0 aliphatic heterocycles. The molecule has 2 aromatic carbocycles. The maximum absolute atomic E-state index is 13.3. The average Bonchev–Trinajstić information content (AvgIpc) is 3.11. The van der Waals surface area contributed by atoms with Crippen LogP contribution in [0.3, 0.4) is 0 Å². The standard InChI is InChI=1S/C19H13ClFN5O/c20-18-17(22)19(24-11-23-18)27-16-10-15(12-4-2-1-3-5-12)25-26(16)14-8-6-13(21)7-9-14/h1-11H,22H2. The zero-order chi connectivity index (χ0) is 18.8. The first kappa shape index (κ1) is 17.0. The fourth-order valence-electron chi connectivity index (χ4n) is 2.49. The SMILES string of the molecule is Nc1c(Cl)ncnc1Oc1cc(-c2ccccc2)nn1-c1ccc(F)cc1. The summed E-state index contributed by atoms with van der Waals surface area (Å²) in [4.78, 5) is 7.83. The van der Waals surface area contributed by atoms with Crippen LogP contribution in [-0.4, -0.2) is 19.7 Å². The number of ether oxygens (including phenoxy) is 1. The van der Waals surface area contributed by atoms with Crippen molar-refractivity contribution in [2.24, 2.45) is 0 Å². The Labute approximate surface area is 159 Å². The fraction of sp³-hybridized carbons (Fsp3) is 0. The Balaban J connectivity index is 1.82. The minimum absolute atomic E-state index is 0.0936. The lowest BCUT2D eigenvalue weighted by Crippen LogP contribution is -2.03. The number of hydrogen-bond acceptors (Lipinski definition) is 5. The molecule has 0 aliphatic rings. The van der Waals surface area contributed by atoms with E-state index in [9.17, 15) is 4.39 Å². The highest BCUT2D eigenvalue weighted by Crippen LogP contribution is 2.32. The molecule has 0 unspecified atom stereocenters. The van der Waals surface area contributed by atoms with Gasteiger partial charge in [0.05, 0.1) is 11.4 Å². The summed E-state index contributed by atoms with van der Waals surface area (Å²) >= 11 is 5.94. The summed E-state index contributed by atoms with van der Waals surface area (Å²) < 4.78 is 20.7. The third-order valence-electron chi connectivity index (χ3n) is 3.82. The van der Waals surface area contributed by atoms with Crippen molar-refractivity contribution >= 4 is 17.3 Å². The van der Waals surface area contributed by atoms with E-state index >= 15 is 0 Å². The smallest absolute Gasteiger partial charge is 0.249 e. The number of benzene rings is 2. The van der Waals surface area contributed by atoms with E-state index in [0.29, 0.717) is 17.3 Å². The van der Waals surface area contributed by atoms with Gasteiger partial charge in [0.25, 0.3) is 0 Å². The highest BCUT2D eigenvalue weighted by molar-refractivity contribution is 6.32. The monoisotopic (exact) mass is 381 g/mol. The van der Waals surface area contributed by atoms with Gasteiger partial charge in [-0.05, 0) is 24.3 Å². The van der Waals surface area contributed by atoms with Crippen LogP contribution in [0.2, 0.25) is 5.15 Å². The first-order valence-corrected chi connectivity index (χ1v) is 8.35. The third-order valence-corrected chi connectivity index (χ3v) is 4.12. The van der Waals surface area contributed by atoms with E-state index in [4.69, 9.17) is 22.1 Å². The predicted octanol–water partition coefficient (Wildman–Crippen LogP) is 4.50. The summed E-state index contributed by atoms with van der Waals surface area (Å²) in [6.45, 7) is 0. The summed E-state index contributed by atoms with van der Waals surface area (Å²) in [6.07, 6.45) is 1.25. The minimum Gasteiger partial charge on any atom is -0.418 e. The molecule has 2 aromatic heterocycles. The normalized spacial score (nSPS) is 10.7. The molecule has 0 bridgehead atoms. The zero-order valence-corrected chi connectivity index (χ0v) is 14.6. The lowest BCUT2D eigenvalue weighted by molar-refractivity contribution is 0.429. The largest absolute Gasteiger partial charge is 0.418 e. The maximum Gasteiger partial charge on any atom is 0.249 e. The van der Waals surface area contributed by atoms with Crippen molar-refractivity contribution in [1.29, 1.82) is 0 Å². The van der Waals surface area contributed by atoms with Gasteiger partial charge in [-0.1, -0.05) is 41.9 Å². The number of aromatic nitrogens is 4. The fourth-order valence-corrected chi connectivity index (χ4v) is 2.62. The molecular weight excluding hydrogens is 369 g/mol. The predicted molar refractivity (Wildman–Crippen MR) is 100 cm³/mol. The molecule has 0 atom stereocenters. The van der Waals surface area contributed by atoms with Gasteiger partial charge in [0, 0.05) is 11.6 Å². The molecule has 0 saturated carbocycles. The van der Waals surface area contributed by atoms with Crippen molar-refractivity contribution in [2.45, 2.75) is 0 Å². The lowest BCUT2D eigenvalue weighted by Gasteiger charge is -2.09. The molecule has 2 heterocycles. The molecule has 4 aromatic rings. The van der Waals surface area contributed by atoms with Crippen molar-refractivity contribution in [1.82, 2.24) is 19.7 Å². The number of nitrogens with two attached hydrogens (primary N) is 1. The van der Waals surface area contributed by atoms with E-state index in [1.54, 1.807) is 18.2 Å². The average molecular weight is 382 g/mol. The van der Waals surface area contributed by atoms with Gasteiger partial charge in [0.15, 0.2) is 5.15 Å². The molecular formula is C19H13ClFN5O. The molecule has 0 saturated heterocycles. The summed E-state index contributed by atoms with van der Waals surface area (Å²) in [6, 6.07) is 17.2. The molecule has 2 N–H and O–H groups in total. The van der Waals surface area contributed by atoms with Gasteiger partial charge in [-0.15, -0.1) is 0 Å². The number of hydrogen-bond donors (Lipinski definition) is 1. The van der Waals surface area contributed by atoms with Gasteiger partial charge >= 0.3 is 0 Å². The number of anilines is 1. The van der Waals surface area contributed by atoms with Crippen LogP contribution in [0.15, 0.2) is 67.0 Å². The van der Waals surface area contributed by atoms with E-state index in [0.717, 1.165) is 5.56 Å². The van der Waals surface area contributed by atoms with E-state index in [1.807, 2.05) is 30.3 Å². The van der Waals surface area contributed by atoms with Crippen molar-refractivity contribution in [3.05, 3.63) is 78.0 Å². The van der Waals surface area contributed by atoms with Crippen molar-refractivity contribution in [3.63, 3.8) is 0 Å². The van der Waals surface area contributed by atoms with Crippen LogP contribution in [0.1, 0.15) is 0 Å². The Morgan fingerprint density at radius 3 is 2.48 bits per heavy atom. The second-order valence-electron chi connectivity index (χ2n) is 5.61. The van der Waals surface area contributed by atoms with Gasteiger partial charge in [-0.2, -0.15) is 10.1 Å². The van der Waals surface area contributed by atoms with E-state index in [1.165, 1.54) is 23.1 Å². The van der Waals surface area contributed by atoms with E-state index in [2.05, 4.69) is 15.1 Å². The van der Waals surface area contributed by atoms with Crippen LogP contribution in [0.25, 0.3) is 16.9 Å². The molecule has 0 amide bonds. The van der Waals surface area contributed by atoms with Crippen LogP contribution < -0.4 is 10.5 Å². The van der Waals surface area contributed by atoms with E-state index in [-0.39, 0.29) is 22.5 Å². The summed E-state index contributed by atoms with van der Waals surface area (Å²) in [5, 5.41) is 4.67. The highest BCUT2D eigenvalue weighted by atomic mass is 35.5. The number of rotatable bonds is 4. The van der Waals surface area contributed by atoms with Gasteiger partial charge < -0.3 is 10.5 Å². The highest BCUT2D eigenvalue weighted by Gasteiger charge is 2.16.